The molecule has 1 aliphatic rings. The van der Waals surface area contributed by atoms with Crippen molar-refractivity contribution in [2.24, 2.45) is 11.7 Å². The molecule has 3 nitrogen and oxygen atoms in total. The molecule has 1 aromatic carbocycles. The summed E-state index contributed by atoms with van der Waals surface area (Å²) < 4.78 is 14.6. The zero-order valence-electron chi connectivity index (χ0n) is 14.6. The summed E-state index contributed by atoms with van der Waals surface area (Å²) in [4.78, 5) is 1.59. The van der Waals surface area contributed by atoms with Gasteiger partial charge in [-0.1, -0.05) is 50.4 Å². The molecule has 1 aliphatic carbocycles. The van der Waals surface area contributed by atoms with Gasteiger partial charge in [0.1, 0.15) is 17.7 Å². The van der Waals surface area contributed by atoms with Crippen molar-refractivity contribution >= 4 is 17.3 Å². The van der Waals surface area contributed by atoms with Crippen molar-refractivity contribution in [2.45, 2.75) is 45.1 Å². The molecule has 4 N–H and O–H groups in total. The van der Waals surface area contributed by atoms with E-state index in [9.17, 15) is 4.39 Å². The van der Waals surface area contributed by atoms with E-state index >= 15 is 0 Å². The van der Waals surface area contributed by atoms with Gasteiger partial charge in [0.2, 0.25) is 0 Å². The third-order valence-electron chi connectivity index (χ3n) is 4.94. The van der Waals surface area contributed by atoms with Crippen molar-refractivity contribution in [3.63, 3.8) is 0 Å². The minimum absolute atomic E-state index is 0.0543. The zero-order valence-corrected chi connectivity index (χ0v) is 15.4. The summed E-state index contributed by atoms with van der Waals surface area (Å²) in [6.45, 7) is 9.86. The third-order valence-corrected chi connectivity index (χ3v) is 5.29. The van der Waals surface area contributed by atoms with E-state index in [4.69, 9.17) is 17.3 Å². The van der Waals surface area contributed by atoms with Crippen LogP contribution in [-0.2, 0) is 6.42 Å². The summed E-state index contributed by atoms with van der Waals surface area (Å²) in [6.07, 6.45) is 5.83. The molecule has 1 fully saturated rings. The Hall–Kier alpha value is -1.52. The first-order valence-electron chi connectivity index (χ1n) is 8.55. The maximum atomic E-state index is 14.6. The van der Waals surface area contributed by atoms with E-state index in [-0.39, 0.29) is 11.9 Å². The Balaban J connectivity index is 2.38. The number of quaternary nitrogens is 1. The molecule has 1 atom stereocenters. The van der Waals surface area contributed by atoms with Crippen LogP contribution >= 0.6 is 11.6 Å². The largest absolute Gasteiger partial charge is 0.385 e. The van der Waals surface area contributed by atoms with E-state index in [1.165, 1.54) is 31.7 Å². The molecule has 0 heterocycles. The van der Waals surface area contributed by atoms with Crippen molar-refractivity contribution in [2.75, 3.05) is 11.9 Å². The Bertz CT molecular complexity index is 623. The van der Waals surface area contributed by atoms with Crippen molar-refractivity contribution in [1.82, 2.24) is 0 Å². The van der Waals surface area contributed by atoms with Crippen LogP contribution in [0.15, 0.2) is 36.8 Å². The first-order chi connectivity index (χ1) is 11.3. The lowest BCUT2D eigenvalue weighted by Crippen LogP contribution is -2.86. The van der Waals surface area contributed by atoms with Crippen LogP contribution in [0.2, 0.25) is 5.02 Å². The molecule has 1 saturated carbocycles. The zero-order chi connectivity index (χ0) is 17.9. The van der Waals surface area contributed by atoms with Crippen LogP contribution in [0.3, 0.4) is 0 Å². The average Bonchev–Trinajstić information content (AvgIpc) is 3.03. The normalized spacial score (nSPS) is 16.2. The van der Waals surface area contributed by atoms with E-state index in [0.29, 0.717) is 22.3 Å². The predicted octanol–water partition coefficient (Wildman–Crippen LogP) is 3.54. The second-order valence-corrected chi connectivity index (χ2v) is 7.10. The second kappa shape index (κ2) is 8.04. The smallest absolute Gasteiger partial charge is 0.148 e. The maximum absolute atomic E-state index is 14.6. The van der Waals surface area contributed by atoms with Gasteiger partial charge >= 0.3 is 0 Å². The van der Waals surface area contributed by atoms with E-state index in [0.717, 1.165) is 12.0 Å². The molecule has 0 aromatic heterocycles. The SMILES string of the molecule is C=C(N)N(C(=C)C(C)[NH2+]C)c1cc(CC2CCCC2)c(Cl)cc1F. The van der Waals surface area contributed by atoms with E-state index in [1.807, 2.05) is 25.4 Å². The van der Waals surface area contributed by atoms with Crippen molar-refractivity contribution < 1.29 is 9.71 Å². The molecule has 0 amide bonds. The molecule has 0 radical (unpaired) electrons. The highest BCUT2D eigenvalue weighted by atomic mass is 35.5. The number of benzene rings is 1. The van der Waals surface area contributed by atoms with Crippen LogP contribution < -0.4 is 16.0 Å². The molecule has 0 spiro atoms. The predicted molar refractivity (Wildman–Crippen MR) is 99.3 cm³/mol. The van der Waals surface area contributed by atoms with Gasteiger partial charge in [-0.15, -0.1) is 0 Å². The quantitative estimate of drug-likeness (QED) is 0.788. The van der Waals surface area contributed by atoms with Gasteiger partial charge in [0.25, 0.3) is 0 Å². The van der Waals surface area contributed by atoms with E-state index < -0.39 is 5.82 Å². The lowest BCUT2D eigenvalue weighted by Gasteiger charge is -2.29. The Morgan fingerprint density at radius 3 is 2.58 bits per heavy atom. The molecule has 0 aliphatic heterocycles. The summed E-state index contributed by atoms with van der Waals surface area (Å²) in [6, 6.07) is 3.24. The van der Waals surface area contributed by atoms with Gasteiger partial charge in [-0.3, -0.25) is 4.90 Å². The number of nitrogens with zero attached hydrogens (tertiary/aromatic N) is 1. The number of likely N-dealkylation sites (N-methyl/N-ethyl adjacent to an activating group) is 1. The molecule has 5 heteroatoms. The molecule has 1 unspecified atom stereocenters. The van der Waals surface area contributed by atoms with Crippen LogP contribution in [0.5, 0.6) is 0 Å². The summed E-state index contributed by atoms with van der Waals surface area (Å²) >= 11 is 6.29. The standard InChI is InChI=1S/C19H27ClFN3/c1-12(23-4)13(2)24(14(3)22)19-10-16(17(20)11-18(19)21)9-15-7-5-6-8-15/h10-12,15,23H,2-3,5-9,22H2,1,4H3/p+1. The van der Waals surface area contributed by atoms with Crippen LogP contribution in [-0.4, -0.2) is 13.1 Å². The minimum atomic E-state index is -0.411. The van der Waals surface area contributed by atoms with Crippen LogP contribution in [0.4, 0.5) is 10.1 Å². The average molecular weight is 353 g/mol. The van der Waals surface area contributed by atoms with Gasteiger partial charge in [-0.25, -0.2) is 4.39 Å². The Labute approximate surface area is 149 Å². The molecule has 1 aromatic rings. The fourth-order valence-electron chi connectivity index (χ4n) is 3.32. The number of nitrogens with two attached hydrogens (primary N) is 2. The molecule has 0 bridgehead atoms. The second-order valence-electron chi connectivity index (χ2n) is 6.69. The van der Waals surface area contributed by atoms with Crippen molar-refractivity contribution in [3.05, 3.63) is 53.2 Å². The minimum Gasteiger partial charge on any atom is -0.385 e. The van der Waals surface area contributed by atoms with Crippen LogP contribution in [0.25, 0.3) is 0 Å². The molecule has 24 heavy (non-hydrogen) atoms. The summed E-state index contributed by atoms with van der Waals surface area (Å²) in [5.41, 5.74) is 7.97. The first-order valence-corrected chi connectivity index (χ1v) is 8.93. The first kappa shape index (κ1) is 18.8. The number of rotatable bonds is 7. The Morgan fingerprint density at radius 1 is 1.42 bits per heavy atom. The van der Waals surface area contributed by atoms with Gasteiger partial charge in [-0.2, -0.15) is 0 Å². The summed E-state index contributed by atoms with van der Waals surface area (Å²) in [7, 11) is 1.94. The number of anilines is 1. The molecular weight excluding hydrogens is 325 g/mol. The van der Waals surface area contributed by atoms with Crippen molar-refractivity contribution in [3.8, 4) is 0 Å². The number of hydrogen-bond donors (Lipinski definition) is 2. The van der Waals surface area contributed by atoms with Crippen LogP contribution in [0, 0.1) is 11.7 Å². The topological polar surface area (TPSA) is 45.9 Å². The van der Waals surface area contributed by atoms with Gasteiger partial charge in [-0.05, 0) is 37.0 Å². The lowest BCUT2D eigenvalue weighted by atomic mass is 9.97. The fourth-order valence-corrected chi connectivity index (χ4v) is 3.55. The van der Waals surface area contributed by atoms with Gasteiger partial charge < -0.3 is 11.1 Å². The van der Waals surface area contributed by atoms with Crippen molar-refractivity contribution in [1.29, 1.82) is 0 Å². The highest BCUT2D eigenvalue weighted by Crippen LogP contribution is 2.35. The fraction of sp³-hybridized carbons (Fsp3) is 0.474. The van der Waals surface area contributed by atoms with E-state index in [1.54, 1.807) is 4.90 Å². The highest BCUT2D eigenvalue weighted by molar-refractivity contribution is 6.31. The monoisotopic (exact) mass is 352 g/mol. The third kappa shape index (κ3) is 4.11. The molecule has 132 valence electrons. The number of hydrogen-bond acceptors (Lipinski definition) is 2. The summed E-state index contributed by atoms with van der Waals surface area (Å²) in [5, 5.41) is 2.47. The lowest BCUT2D eigenvalue weighted by molar-refractivity contribution is -0.651. The summed E-state index contributed by atoms with van der Waals surface area (Å²) in [5.74, 6) is 0.467. The van der Waals surface area contributed by atoms with Crippen LogP contribution in [0.1, 0.15) is 38.2 Å². The highest BCUT2D eigenvalue weighted by Gasteiger charge is 2.24. The van der Waals surface area contributed by atoms with Gasteiger partial charge in [0.05, 0.1) is 18.4 Å². The molecule has 0 saturated heterocycles. The number of halogens is 2. The Kier molecular flexibility index (Phi) is 6.30. The van der Waals surface area contributed by atoms with Gasteiger partial charge in [0, 0.05) is 5.02 Å². The molecular formula is C19H28ClFN3+. The van der Waals surface area contributed by atoms with E-state index in [2.05, 4.69) is 13.2 Å². The van der Waals surface area contributed by atoms with Gasteiger partial charge in [0.15, 0.2) is 0 Å². The maximum Gasteiger partial charge on any atom is 0.148 e. The Morgan fingerprint density at radius 2 is 2.04 bits per heavy atom. The molecule has 2 rings (SSSR count).